The van der Waals surface area contributed by atoms with Gasteiger partial charge in [0.25, 0.3) is 11.8 Å². The van der Waals surface area contributed by atoms with Crippen LogP contribution in [0.1, 0.15) is 40.0 Å². The number of carbonyl (C=O) groups is 2. The molecule has 1 atom stereocenters. The van der Waals surface area contributed by atoms with Gasteiger partial charge in [-0.3, -0.25) is 14.5 Å². The smallest absolute Gasteiger partial charge is 0.261 e. The molecule has 6 nitrogen and oxygen atoms in total. The van der Waals surface area contributed by atoms with Gasteiger partial charge in [0, 0.05) is 0 Å². The maximum Gasteiger partial charge on any atom is 0.261 e. The molecule has 2 aliphatic heterocycles. The van der Waals surface area contributed by atoms with Crippen molar-refractivity contribution in [1.82, 2.24) is 4.90 Å². The lowest BCUT2D eigenvalue weighted by Gasteiger charge is -2.29. The van der Waals surface area contributed by atoms with E-state index in [0.29, 0.717) is 37.3 Å². The number of nitrogens with two attached hydrogens (primary N) is 1. The molecule has 1 fully saturated rings. The molecule has 0 aromatic heterocycles. The molecular formula is C16H21ClN2O4. The van der Waals surface area contributed by atoms with Gasteiger partial charge in [0.2, 0.25) is 0 Å². The molecule has 2 amide bonds. The lowest BCUT2D eigenvalue weighted by molar-refractivity contribution is -0.0880. The van der Waals surface area contributed by atoms with E-state index < -0.39 is 12.3 Å². The molecule has 3 rings (SSSR count). The summed E-state index contributed by atoms with van der Waals surface area (Å²) in [7, 11) is 0. The second kappa shape index (κ2) is 7.88. The van der Waals surface area contributed by atoms with Crippen LogP contribution in [0.5, 0.6) is 0 Å². The molecule has 2 aliphatic rings. The zero-order valence-corrected chi connectivity index (χ0v) is 13.6. The van der Waals surface area contributed by atoms with Crippen LogP contribution in [-0.2, 0) is 9.47 Å². The van der Waals surface area contributed by atoms with Gasteiger partial charge in [0.15, 0.2) is 6.29 Å². The van der Waals surface area contributed by atoms with Crippen LogP contribution in [0.15, 0.2) is 24.3 Å². The first-order valence-corrected chi connectivity index (χ1v) is 7.64. The molecule has 23 heavy (non-hydrogen) atoms. The minimum atomic E-state index is -0.542. The number of imide groups is 1. The van der Waals surface area contributed by atoms with Crippen LogP contribution in [0.2, 0.25) is 0 Å². The lowest BCUT2D eigenvalue weighted by atomic mass is 10.1. The van der Waals surface area contributed by atoms with Gasteiger partial charge in [0.05, 0.1) is 30.4 Å². The molecule has 1 unspecified atom stereocenters. The average molecular weight is 341 g/mol. The van der Waals surface area contributed by atoms with Crippen LogP contribution in [0.25, 0.3) is 0 Å². The Morgan fingerprint density at radius 3 is 2.17 bits per heavy atom. The Bertz CT molecular complexity index is 540. The summed E-state index contributed by atoms with van der Waals surface area (Å²) in [5.74, 6) is -0.533. The Hall–Kier alpha value is -1.47. The summed E-state index contributed by atoms with van der Waals surface area (Å²) in [4.78, 5) is 26.5. The highest BCUT2D eigenvalue weighted by molar-refractivity contribution is 6.21. The van der Waals surface area contributed by atoms with Gasteiger partial charge in [-0.1, -0.05) is 12.1 Å². The van der Waals surface area contributed by atoms with Crippen molar-refractivity contribution in [3.63, 3.8) is 0 Å². The molecule has 126 valence electrons. The van der Waals surface area contributed by atoms with Crippen molar-refractivity contribution in [2.75, 3.05) is 19.8 Å². The summed E-state index contributed by atoms with van der Waals surface area (Å²) in [5, 5.41) is 0. The summed E-state index contributed by atoms with van der Waals surface area (Å²) in [5.41, 5.74) is 6.44. The average Bonchev–Trinajstić information content (AvgIpc) is 3.14. The highest BCUT2D eigenvalue weighted by Crippen LogP contribution is 2.29. The molecule has 0 spiro atoms. The minimum Gasteiger partial charge on any atom is -0.348 e. The second-order valence-electron chi connectivity index (χ2n) is 5.49. The molecule has 1 aromatic rings. The van der Waals surface area contributed by atoms with E-state index in [1.165, 1.54) is 4.90 Å². The number of halogens is 1. The van der Waals surface area contributed by atoms with E-state index in [1.807, 2.05) is 0 Å². The van der Waals surface area contributed by atoms with Crippen molar-refractivity contribution in [2.45, 2.75) is 31.6 Å². The molecule has 0 bridgehead atoms. The van der Waals surface area contributed by atoms with Crippen molar-refractivity contribution < 1.29 is 19.1 Å². The number of nitrogens with zero attached hydrogens (tertiary/aromatic N) is 1. The molecule has 0 aliphatic carbocycles. The van der Waals surface area contributed by atoms with Gasteiger partial charge in [-0.2, -0.15) is 0 Å². The number of fused-ring (bicyclic) bond motifs is 1. The molecule has 0 radical (unpaired) electrons. The maximum atomic E-state index is 12.6. The molecule has 1 aromatic carbocycles. The van der Waals surface area contributed by atoms with Gasteiger partial charge in [0.1, 0.15) is 0 Å². The summed E-state index contributed by atoms with van der Waals surface area (Å²) in [6.45, 7) is 1.56. The van der Waals surface area contributed by atoms with Crippen molar-refractivity contribution in [2.24, 2.45) is 5.73 Å². The van der Waals surface area contributed by atoms with Crippen molar-refractivity contribution >= 4 is 24.2 Å². The van der Waals surface area contributed by atoms with Crippen molar-refractivity contribution in [1.29, 1.82) is 0 Å². The van der Waals surface area contributed by atoms with E-state index in [0.717, 1.165) is 12.8 Å². The predicted octanol–water partition coefficient (Wildman–Crippen LogP) is 1.57. The number of amides is 2. The fraction of sp³-hybridized carbons (Fsp3) is 0.500. The van der Waals surface area contributed by atoms with E-state index in [-0.39, 0.29) is 24.2 Å². The first-order chi connectivity index (χ1) is 10.7. The van der Waals surface area contributed by atoms with Crippen LogP contribution < -0.4 is 5.73 Å². The Morgan fingerprint density at radius 2 is 1.65 bits per heavy atom. The summed E-state index contributed by atoms with van der Waals surface area (Å²) < 4.78 is 11.1. The van der Waals surface area contributed by atoms with Crippen LogP contribution in [0.3, 0.4) is 0 Å². The Labute approximate surface area is 141 Å². The summed E-state index contributed by atoms with van der Waals surface area (Å²) in [6.07, 6.45) is 1.75. The van der Waals surface area contributed by atoms with Crippen LogP contribution >= 0.6 is 12.4 Å². The predicted molar refractivity (Wildman–Crippen MR) is 86.6 cm³/mol. The number of hydrogen-bond acceptors (Lipinski definition) is 5. The van der Waals surface area contributed by atoms with Gasteiger partial charge in [-0.15, -0.1) is 12.4 Å². The third-order valence-corrected chi connectivity index (χ3v) is 4.07. The molecular weight excluding hydrogens is 320 g/mol. The Balaban J connectivity index is 0.00000192. The highest BCUT2D eigenvalue weighted by Gasteiger charge is 2.44. The van der Waals surface area contributed by atoms with E-state index in [1.54, 1.807) is 24.3 Å². The largest absolute Gasteiger partial charge is 0.348 e. The van der Waals surface area contributed by atoms with E-state index in [9.17, 15) is 9.59 Å². The summed E-state index contributed by atoms with van der Waals surface area (Å²) in [6, 6.07) is 6.49. The normalized spacial score (nSPS) is 18.9. The molecule has 0 saturated carbocycles. The number of carbonyl (C=O) groups excluding carboxylic acids is 2. The van der Waals surface area contributed by atoms with Gasteiger partial charge in [-0.05, 0) is 37.9 Å². The van der Waals surface area contributed by atoms with E-state index in [4.69, 9.17) is 15.2 Å². The SMILES string of the molecule is Cl.NCCCCC(C1OCCO1)N1C(=O)c2ccccc2C1=O. The third-order valence-electron chi connectivity index (χ3n) is 4.07. The fourth-order valence-electron chi connectivity index (χ4n) is 2.99. The van der Waals surface area contributed by atoms with Gasteiger partial charge < -0.3 is 15.2 Å². The van der Waals surface area contributed by atoms with Gasteiger partial charge in [-0.25, -0.2) is 0 Å². The fourth-order valence-corrected chi connectivity index (χ4v) is 2.99. The third kappa shape index (κ3) is 3.40. The second-order valence-corrected chi connectivity index (χ2v) is 5.49. The number of ether oxygens (including phenoxy) is 2. The van der Waals surface area contributed by atoms with Crippen molar-refractivity contribution in [3.8, 4) is 0 Å². The lowest BCUT2D eigenvalue weighted by Crippen LogP contribution is -2.47. The number of unbranched alkanes of at least 4 members (excludes halogenated alkanes) is 1. The topological polar surface area (TPSA) is 81.9 Å². The Kier molecular flexibility index (Phi) is 6.12. The summed E-state index contributed by atoms with van der Waals surface area (Å²) >= 11 is 0. The molecule has 7 heteroatoms. The Morgan fingerprint density at radius 1 is 1.09 bits per heavy atom. The molecule has 2 heterocycles. The standard InChI is InChI=1S/C16H20N2O4.ClH/c17-8-4-3-7-13(16-21-9-10-22-16)18-14(19)11-5-1-2-6-12(11)15(18)20;/h1-2,5-6,13,16H,3-4,7-10,17H2;1H. The van der Waals surface area contributed by atoms with Crippen LogP contribution in [0.4, 0.5) is 0 Å². The number of hydrogen-bond donors (Lipinski definition) is 1. The quantitative estimate of drug-likeness (QED) is 0.628. The van der Waals surface area contributed by atoms with Crippen LogP contribution in [0, 0.1) is 0 Å². The molecule has 1 saturated heterocycles. The van der Waals surface area contributed by atoms with E-state index >= 15 is 0 Å². The highest BCUT2D eigenvalue weighted by atomic mass is 35.5. The first-order valence-electron chi connectivity index (χ1n) is 7.64. The number of benzene rings is 1. The van der Waals surface area contributed by atoms with E-state index in [2.05, 4.69) is 0 Å². The first kappa shape index (κ1) is 17.9. The monoisotopic (exact) mass is 340 g/mol. The zero-order chi connectivity index (χ0) is 15.5. The zero-order valence-electron chi connectivity index (χ0n) is 12.8. The maximum absolute atomic E-state index is 12.6. The minimum absolute atomic E-state index is 0. The molecule has 2 N–H and O–H groups in total. The van der Waals surface area contributed by atoms with Crippen molar-refractivity contribution in [3.05, 3.63) is 35.4 Å². The number of rotatable bonds is 6. The van der Waals surface area contributed by atoms with Crippen LogP contribution in [-0.4, -0.2) is 48.8 Å². The van der Waals surface area contributed by atoms with Gasteiger partial charge >= 0.3 is 0 Å².